The first-order valence-corrected chi connectivity index (χ1v) is 6.49. The lowest BCUT2D eigenvalue weighted by atomic mass is 10.4. The molecule has 1 aliphatic carbocycles. The zero-order chi connectivity index (χ0) is 9.26. The summed E-state index contributed by atoms with van der Waals surface area (Å²) in [5.74, 6) is 2.21. The number of thioether (sulfide) groups is 1. The van der Waals surface area contributed by atoms with Crippen LogP contribution in [0.1, 0.15) is 12.8 Å². The molecule has 0 atom stereocenters. The molecule has 0 spiro atoms. The van der Waals surface area contributed by atoms with Crippen LogP contribution in [0.25, 0.3) is 0 Å². The van der Waals surface area contributed by atoms with Gasteiger partial charge >= 0.3 is 0 Å². The van der Waals surface area contributed by atoms with E-state index in [2.05, 4.69) is 22.0 Å². The van der Waals surface area contributed by atoms with Crippen LogP contribution in [0.15, 0.2) is 27.6 Å². The smallest absolute Gasteiger partial charge is 0.0559 e. The predicted molar refractivity (Wildman–Crippen MR) is 62.6 cm³/mol. The summed E-state index contributed by atoms with van der Waals surface area (Å²) < 4.78 is 0.977. The van der Waals surface area contributed by atoms with Crippen LogP contribution in [0.3, 0.4) is 0 Å². The molecule has 1 saturated carbocycles. The number of halogens is 2. The largest absolute Gasteiger partial charge is 0.126 e. The first-order chi connectivity index (χ1) is 6.25. The van der Waals surface area contributed by atoms with Gasteiger partial charge in [0.15, 0.2) is 0 Å². The van der Waals surface area contributed by atoms with Gasteiger partial charge in [-0.25, -0.2) is 0 Å². The predicted octanol–water partition coefficient (Wildman–Crippen LogP) is 4.60. The van der Waals surface area contributed by atoms with Crippen LogP contribution in [-0.2, 0) is 0 Å². The van der Waals surface area contributed by atoms with Gasteiger partial charge in [0.2, 0.25) is 0 Å². The first kappa shape index (κ1) is 9.88. The van der Waals surface area contributed by atoms with E-state index in [0.29, 0.717) is 0 Å². The van der Waals surface area contributed by atoms with Crippen LogP contribution in [-0.4, -0.2) is 5.75 Å². The second kappa shape index (κ2) is 4.24. The van der Waals surface area contributed by atoms with E-state index in [0.717, 1.165) is 15.4 Å². The van der Waals surface area contributed by atoms with Crippen molar-refractivity contribution >= 4 is 39.3 Å². The Bertz CT molecular complexity index is 310. The molecule has 0 saturated heterocycles. The molecule has 0 aromatic heterocycles. The maximum atomic E-state index is 5.98. The minimum absolute atomic E-state index is 0.806. The second-order valence-corrected chi connectivity index (χ2v) is 5.69. The molecule has 13 heavy (non-hydrogen) atoms. The van der Waals surface area contributed by atoms with E-state index in [9.17, 15) is 0 Å². The van der Waals surface area contributed by atoms with Crippen LogP contribution in [0.2, 0.25) is 5.02 Å². The zero-order valence-electron chi connectivity index (χ0n) is 7.09. The number of hydrogen-bond donors (Lipinski definition) is 0. The van der Waals surface area contributed by atoms with Gasteiger partial charge < -0.3 is 0 Å². The molecule has 0 bridgehead atoms. The summed E-state index contributed by atoms with van der Waals surface area (Å²) in [5.41, 5.74) is 0. The van der Waals surface area contributed by atoms with Gasteiger partial charge in [-0.3, -0.25) is 0 Å². The summed E-state index contributed by atoms with van der Waals surface area (Å²) >= 11 is 11.3. The normalized spacial score (nSPS) is 16.2. The summed E-state index contributed by atoms with van der Waals surface area (Å²) in [6.45, 7) is 0. The lowest BCUT2D eigenvalue weighted by molar-refractivity contribution is 1.000. The Balaban J connectivity index is 1.98. The quantitative estimate of drug-likeness (QED) is 0.727. The van der Waals surface area contributed by atoms with Crippen molar-refractivity contribution in [3.63, 3.8) is 0 Å². The highest BCUT2D eigenvalue weighted by molar-refractivity contribution is 9.10. The van der Waals surface area contributed by atoms with Crippen molar-refractivity contribution in [1.82, 2.24) is 0 Å². The van der Waals surface area contributed by atoms with Gasteiger partial charge in [-0.05, 0) is 52.9 Å². The van der Waals surface area contributed by atoms with E-state index >= 15 is 0 Å². The van der Waals surface area contributed by atoms with Gasteiger partial charge in [-0.1, -0.05) is 11.6 Å². The second-order valence-electron chi connectivity index (χ2n) is 3.33. The fraction of sp³-hybridized carbons (Fsp3) is 0.400. The minimum Gasteiger partial charge on any atom is -0.126 e. The van der Waals surface area contributed by atoms with Gasteiger partial charge in [0.05, 0.1) is 5.02 Å². The van der Waals surface area contributed by atoms with E-state index < -0.39 is 0 Å². The fourth-order valence-electron chi connectivity index (χ4n) is 1.07. The summed E-state index contributed by atoms with van der Waals surface area (Å²) in [6.07, 6.45) is 2.83. The van der Waals surface area contributed by atoms with E-state index in [1.807, 2.05) is 23.9 Å². The molecule has 0 heterocycles. The van der Waals surface area contributed by atoms with Crippen molar-refractivity contribution < 1.29 is 0 Å². The highest BCUT2D eigenvalue weighted by Crippen LogP contribution is 2.36. The molecule has 0 N–H and O–H groups in total. The number of hydrogen-bond acceptors (Lipinski definition) is 1. The number of rotatable bonds is 3. The Labute approximate surface area is 96.2 Å². The molecule has 1 aromatic rings. The van der Waals surface area contributed by atoms with Crippen LogP contribution < -0.4 is 0 Å². The molecule has 0 radical (unpaired) electrons. The Hall–Kier alpha value is 0.340. The van der Waals surface area contributed by atoms with Crippen LogP contribution >= 0.6 is 39.3 Å². The van der Waals surface area contributed by atoms with Gasteiger partial charge in [-0.2, -0.15) is 0 Å². The van der Waals surface area contributed by atoms with Crippen LogP contribution in [0.4, 0.5) is 0 Å². The lowest BCUT2D eigenvalue weighted by Gasteiger charge is -2.01. The fourth-order valence-corrected chi connectivity index (χ4v) is 2.68. The third-order valence-electron chi connectivity index (χ3n) is 2.07. The highest BCUT2D eigenvalue weighted by atomic mass is 79.9. The van der Waals surface area contributed by atoms with Crippen molar-refractivity contribution in [3.05, 3.63) is 27.7 Å². The Morgan fingerprint density at radius 3 is 2.85 bits per heavy atom. The van der Waals surface area contributed by atoms with Crippen molar-refractivity contribution in [1.29, 1.82) is 0 Å². The van der Waals surface area contributed by atoms with Crippen molar-refractivity contribution in [2.75, 3.05) is 5.75 Å². The molecular formula is C10H10BrClS. The summed E-state index contributed by atoms with van der Waals surface area (Å²) in [7, 11) is 0. The Morgan fingerprint density at radius 1 is 1.46 bits per heavy atom. The van der Waals surface area contributed by atoms with Crippen molar-refractivity contribution in [2.45, 2.75) is 17.7 Å². The average Bonchev–Trinajstić information content (AvgIpc) is 2.91. The maximum Gasteiger partial charge on any atom is 0.0559 e. The monoisotopic (exact) mass is 276 g/mol. The highest BCUT2D eigenvalue weighted by Gasteiger charge is 2.20. The zero-order valence-corrected chi connectivity index (χ0v) is 10.3. The molecule has 0 aliphatic heterocycles. The summed E-state index contributed by atoms with van der Waals surface area (Å²) in [6, 6.07) is 6.15. The molecular weight excluding hydrogens is 268 g/mol. The van der Waals surface area contributed by atoms with Crippen LogP contribution in [0, 0.1) is 5.92 Å². The van der Waals surface area contributed by atoms with Crippen molar-refractivity contribution in [2.24, 2.45) is 5.92 Å². The average molecular weight is 278 g/mol. The minimum atomic E-state index is 0.806. The van der Waals surface area contributed by atoms with Gasteiger partial charge in [-0.15, -0.1) is 11.8 Å². The van der Waals surface area contributed by atoms with Crippen molar-refractivity contribution in [3.8, 4) is 0 Å². The van der Waals surface area contributed by atoms with Gasteiger partial charge in [0, 0.05) is 15.1 Å². The van der Waals surface area contributed by atoms with Crippen LogP contribution in [0.5, 0.6) is 0 Å². The number of benzene rings is 1. The molecule has 1 aromatic carbocycles. The van der Waals surface area contributed by atoms with Gasteiger partial charge in [0.1, 0.15) is 0 Å². The van der Waals surface area contributed by atoms with E-state index in [-0.39, 0.29) is 0 Å². The molecule has 0 amide bonds. The third kappa shape index (κ3) is 2.90. The van der Waals surface area contributed by atoms with E-state index in [1.165, 1.54) is 23.5 Å². The molecule has 1 fully saturated rings. The topological polar surface area (TPSA) is 0 Å². The Morgan fingerprint density at radius 2 is 2.23 bits per heavy atom. The molecule has 3 heteroatoms. The SMILES string of the molecule is Clc1cc(SCC2CC2)ccc1Br. The first-order valence-electron chi connectivity index (χ1n) is 4.33. The third-order valence-corrected chi connectivity index (χ3v) is 4.53. The standard InChI is InChI=1S/C10H10BrClS/c11-9-4-3-8(5-10(9)12)13-6-7-1-2-7/h3-5,7H,1-2,6H2. The molecule has 0 nitrogen and oxygen atoms in total. The molecule has 0 unspecified atom stereocenters. The van der Waals surface area contributed by atoms with E-state index in [1.54, 1.807) is 0 Å². The summed E-state index contributed by atoms with van der Waals surface area (Å²) in [5, 5.41) is 0.806. The molecule has 2 rings (SSSR count). The van der Waals surface area contributed by atoms with Gasteiger partial charge in [0.25, 0.3) is 0 Å². The maximum absolute atomic E-state index is 5.98. The lowest BCUT2D eigenvalue weighted by Crippen LogP contribution is -1.80. The molecule has 70 valence electrons. The molecule has 1 aliphatic rings. The Kier molecular flexibility index (Phi) is 3.22. The van der Waals surface area contributed by atoms with E-state index in [4.69, 9.17) is 11.6 Å². The summed E-state index contributed by atoms with van der Waals surface area (Å²) in [4.78, 5) is 1.28.